The smallest absolute Gasteiger partial charge is 0.404 e. The number of anilines is 1. The number of nitrogens with zero attached hydrogens (tertiary/aromatic N) is 1. The van der Waals surface area contributed by atoms with Crippen LogP contribution in [0, 0.1) is 0 Å². The molecule has 0 aliphatic carbocycles. The second kappa shape index (κ2) is 17.0. The third kappa shape index (κ3) is 11.3. The lowest BCUT2D eigenvalue weighted by Gasteiger charge is -2.36. The highest BCUT2D eigenvalue weighted by atomic mass is 32.2. The van der Waals surface area contributed by atoms with Crippen molar-refractivity contribution < 1.29 is 28.2 Å². The Labute approximate surface area is 251 Å². The lowest BCUT2D eigenvalue weighted by Crippen LogP contribution is -2.46. The van der Waals surface area contributed by atoms with Crippen LogP contribution in [-0.4, -0.2) is 82.7 Å². The molecule has 3 rings (SSSR count). The number of carbonyl (C=O) groups is 1. The highest BCUT2D eigenvalue weighted by Gasteiger charge is 2.42. The number of rotatable bonds is 21. The third-order valence-corrected chi connectivity index (χ3v) is 10.6. The summed E-state index contributed by atoms with van der Waals surface area (Å²) in [5.74, 6) is 1.30. The molecule has 2 amide bonds. The monoisotopic (exact) mass is 614 g/mol. The SMILES string of the molecule is CC[N+](CC)(CC)Cc1cc(NCCCCCCNCCCCCC2SCC3NC(=O)NC32)ccc1OP(=O)(O)O. The van der Waals surface area contributed by atoms with Crippen molar-refractivity contribution in [3.63, 3.8) is 0 Å². The van der Waals surface area contributed by atoms with Gasteiger partial charge in [0.15, 0.2) is 0 Å². The van der Waals surface area contributed by atoms with Crippen LogP contribution < -0.4 is 25.8 Å². The summed E-state index contributed by atoms with van der Waals surface area (Å²) in [5.41, 5.74) is 1.78. The Morgan fingerprint density at radius 1 is 0.976 bits per heavy atom. The summed E-state index contributed by atoms with van der Waals surface area (Å²) in [4.78, 5) is 30.3. The number of hydrogen-bond donors (Lipinski definition) is 6. The number of hydrogen-bond acceptors (Lipinski definition) is 6. The first kappa shape index (κ1) is 34.0. The first-order valence-corrected chi connectivity index (χ1v) is 18.1. The summed E-state index contributed by atoms with van der Waals surface area (Å²) < 4.78 is 17.4. The zero-order valence-corrected chi connectivity index (χ0v) is 26.9. The summed E-state index contributed by atoms with van der Waals surface area (Å²) in [6.45, 7) is 12.9. The Morgan fingerprint density at radius 3 is 2.29 bits per heavy atom. The van der Waals surface area contributed by atoms with Gasteiger partial charge in [0.05, 0.1) is 37.3 Å². The van der Waals surface area contributed by atoms with Gasteiger partial charge < -0.3 is 30.3 Å². The van der Waals surface area contributed by atoms with Crippen molar-refractivity contribution >= 4 is 31.3 Å². The molecule has 0 aromatic heterocycles. The molecular weight excluding hydrogens is 561 g/mol. The predicted molar refractivity (Wildman–Crippen MR) is 168 cm³/mol. The van der Waals surface area contributed by atoms with E-state index in [9.17, 15) is 19.1 Å². The molecular formula is C29H53N5O5PS+. The third-order valence-electron chi connectivity index (χ3n) is 8.69. The van der Waals surface area contributed by atoms with E-state index in [-0.39, 0.29) is 11.8 Å². The number of fused-ring (bicyclic) bond motifs is 1. The van der Waals surface area contributed by atoms with Gasteiger partial charge in [-0.3, -0.25) is 9.79 Å². The second-order valence-electron chi connectivity index (χ2n) is 11.4. The number of phosphoric acid groups is 1. The predicted octanol–water partition coefficient (Wildman–Crippen LogP) is 4.82. The van der Waals surface area contributed by atoms with Crippen molar-refractivity contribution in [2.75, 3.05) is 50.3 Å². The van der Waals surface area contributed by atoms with Crippen LogP contribution >= 0.6 is 19.6 Å². The minimum absolute atomic E-state index is 0.0000155. The number of urea groups is 1. The molecule has 3 unspecified atom stereocenters. The molecule has 3 atom stereocenters. The van der Waals surface area contributed by atoms with Crippen LogP contribution in [0.3, 0.4) is 0 Å². The molecule has 1 aromatic rings. The minimum Gasteiger partial charge on any atom is -0.404 e. The number of quaternary nitrogens is 1. The molecule has 1 aromatic carbocycles. The Kier molecular flexibility index (Phi) is 14.1. The van der Waals surface area contributed by atoms with E-state index in [1.165, 1.54) is 38.5 Å². The van der Waals surface area contributed by atoms with E-state index < -0.39 is 7.82 Å². The van der Waals surface area contributed by atoms with Gasteiger partial charge >= 0.3 is 13.9 Å². The number of benzene rings is 1. The van der Waals surface area contributed by atoms with Crippen molar-refractivity contribution in [3.8, 4) is 5.75 Å². The van der Waals surface area contributed by atoms with E-state index in [1.807, 2.05) is 23.9 Å². The second-order valence-corrected chi connectivity index (χ2v) is 13.9. The van der Waals surface area contributed by atoms with Crippen LogP contribution in [0.5, 0.6) is 5.75 Å². The van der Waals surface area contributed by atoms with E-state index in [0.717, 1.165) is 73.6 Å². The van der Waals surface area contributed by atoms with Crippen LogP contribution in [0.1, 0.15) is 77.7 Å². The number of phosphoric ester groups is 1. The van der Waals surface area contributed by atoms with Gasteiger partial charge in [0, 0.05) is 23.2 Å². The standard InChI is InChI=1S/C29H52N5O5PS/c1-4-34(5-2,6-3)21-23-20-24(15-16-26(23)39-40(36,37)38)31-19-13-8-7-11-17-30-18-12-9-10-14-27-28-25(22-41-27)32-29(35)33-28/h15-16,20,25,27-28,30-31H,4-14,17-19,21-22H2,1-3H3,(H3-,32,33,35,36,37,38)/p+1. The van der Waals surface area contributed by atoms with Gasteiger partial charge in [0.25, 0.3) is 0 Å². The number of thioether (sulfide) groups is 1. The molecule has 12 heteroatoms. The molecule has 2 fully saturated rings. The minimum atomic E-state index is -4.63. The molecule has 0 bridgehead atoms. The molecule has 2 saturated heterocycles. The Balaban J connectivity index is 1.25. The zero-order valence-electron chi connectivity index (χ0n) is 25.2. The molecule has 10 nitrogen and oxygen atoms in total. The fraction of sp³-hybridized carbons (Fsp3) is 0.759. The number of unbranched alkanes of at least 4 members (excludes halogenated alkanes) is 5. The number of nitrogens with one attached hydrogen (secondary N) is 4. The fourth-order valence-corrected chi connectivity index (χ4v) is 7.88. The Morgan fingerprint density at radius 2 is 1.63 bits per heavy atom. The quantitative estimate of drug-likeness (QED) is 0.0503. The van der Waals surface area contributed by atoms with E-state index in [4.69, 9.17) is 4.52 Å². The van der Waals surface area contributed by atoms with E-state index in [2.05, 4.69) is 42.0 Å². The maximum absolute atomic E-state index is 11.5. The summed E-state index contributed by atoms with van der Waals surface area (Å²) >= 11 is 2.00. The van der Waals surface area contributed by atoms with Gasteiger partial charge in [-0.25, -0.2) is 9.36 Å². The normalized spacial score (nSPS) is 20.5. The molecule has 2 aliphatic heterocycles. The van der Waals surface area contributed by atoms with E-state index in [1.54, 1.807) is 6.07 Å². The van der Waals surface area contributed by atoms with Crippen LogP contribution in [0.2, 0.25) is 0 Å². The molecule has 2 heterocycles. The Bertz CT molecular complexity index is 984. The summed E-state index contributed by atoms with van der Waals surface area (Å²) in [5, 5.41) is 13.7. The zero-order chi connectivity index (χ0) is 29.7. The first-order valence-electron chi connectivity index (χ1n) is 15.5. The topological polar surface area (TPSA) is 132 Å². The van der Waals surface area contributed by atoms with Crippen molar-refractivity contribution in [1.29, 1.82) is 0 Å². The van der Waals surface area contributed by atoms with Gasteiger partial charge in [-0.15, -0.1) is 0 Å². The lowest BCUT2D eigenvalue weighted by atomic mass is 10.0. The van der Waals surface area contributed by atoms with Gasteiger partial charge in [-0.1, -0.05) is 25.7 Å². The highest BCUT2D eigenvalue weighted by molar-refractivity contribution is 8.00. The fourth-order valence-electron chi connectivity index (χ4n) is 5.90. The average Bonchev–Trinajstić information content (AvgIpc) is 3.49. The van der Waals surface area contributed by atoms with E-state index >= 15 is 0 Å². The summed E-state index contributed by atoms with van der Waals surface area (Å²) in [6, 6.07) is 6.14. The molecule has 0 radical (unpaired) electrons. The lowest BCUT2D eigenvalue weighted by molar-refractivity contribution is -0.936. The molecule has 0 saturated carbocycles. The Hall–Kier alpha value is -1.49. The van der Waals surface area contributed by atoms with Gasteiger partial charge in [0.2, 0.25) is 0 Å². The van der Waals surface area contributed by atoms with Crippen LogP contribution in [-0.2, 0) is 11.1 Å². The van der Waals surface area contributed by atoms with Crippen molar-refractivity contribution in [2.24, 2.45) is 0 Å². The number of carbonyl (C=O) groups excluding carboxylic acids is 1. The highest BCUT2D eigenvalue weighted by Crippen LogP contribution is 2.40. The van der Waals surface area contributed by atoms with E-state index in [0.29, 0.717) is 23.9 Å². The molecule has 6 N–H and O–H groups in total. The van der Waals surface area contributed by atoms with Crippen molar-refractivity contribution in [1.82, 2.24) is 16.0 Å². The molecule has 2 aliphatic rings. The largest absolute Gasteiger partial charge is 0.524 e. The summed E-state index contributed by atoms with van der Waals surface area (Å²) in [6.07, 6.45) is 9.46. The molecule has 41 heavy (non-hydrogen) atoms. The van der Waals surface area contributed by atoms with Gasteiger partial charge in [0.1, 0.15) is 12.3 Å². The van der Waals surface area contributed by atoms with Crippen molar-refractivity contribution in [3.05, 3.63) is 23.8 Å². The maximum Gasteiger partial charge on any atom is 0.524 e. The van der Waals surface area contributed by atoms with Crippen LogP contribution in [0.25, 0.3) is 0 Å². The maximum atomic E-state index is 11.5. The van der Waals surface area contributed by atoms with Crippen LogP contribution in [0.4, 0.5) is 10.5 Å². The van der Waals surface area contributed by atoms with Crippen molar-refractivity contribution in [2.45, 2.75) is 96.0 Å². The summed E-state index contributed by atoms with van der Waals surface area (Å²) in [7, 11) is -4.63. The average molecular weight is 615 g/mol. The van der Waals surface area contributed by atoms with Gasteiger partial charge in [-0.2, -0.15) is 11.8 Å². The van der Waals surface area contributed by atoms with Gasteiger partial charge in [-0.05, 0) is 77.7 Å². The van der Waals surface area contributed by atoms with Crippen LogP contribution in [0.15, 0.2) is 18.2 Å². The molecule has 0 spiro atoms. The number of amides is 2. The molecule has 234 valence electrons. The first-order chi connectivity index (χ1) is 19.7.